The molecule has 2 rings (SSSR count). The Labute approximate surface area is 190 Å². The molecule has 0 heterocycles. The maximum atomic E-state index is 14.6. The lowest BCUT2D eigenvalue weighted by Crippen LogP contribution is -2.14. The summed E-state index contributed by atoms with van der Waals surface area (Å²) in [6, 6.07) is 0. The number of ketones is 1. The van der Waals surface area contributed by atoms with Crippen molar-refractivity contribution < 1.29 is 23.8 Å². The molecule has 5 heteroatoms. The second-order valence-electron chi connectivity index (χ2n) is 8.86. The van der Waals surface area contributed by atoms with E-state index in [0.29, 0.717) is 17.5 Å². The molecule has 0 radical (unpaired) electrons. The molecule has 1 N–H and O–H groups in total. The minimum absolute atomic E-state index is 0.0450. The molecule has 1 unspecified atom stereocenters. The Morgan fingerprint density at radius 3 is 1.88 bits per heavy atom. The minimum atomic E-state index is -0.836. The van der Waals surface area contributed by atoms with Crippen LogP contribution in [-0.4, -0.2) is 17.5 Å². The van der Waals surface area contributed by atoms with Gasteiger partial charge in [-0.2, -0.15) is 0 Å². The van der Waals surface area contributed by atoms with Crippen LogP contribution < -0.4 is 4.94 Å². The molecule has 0 aliphatic heterocycles. The van der Waals surface area contributed by atoms with E-state index in [4.69, 9.17) is 0 Å². The van der Waals surface area contributed by atoms with Gasteiger partial charge in [0.1, 0.15) is 0 Å². The molecule has 0 saturated carbocycles. The van der Waals surface area contributed by atoms with E-state index in [2.05, 4.69) is 11.5 Å². The Balaban J connectivity index is 2.52. The Hall–Kier alpha value is -2.53. The van der Waals surface area contributed by atoms with Gasteiger partial charge in [-0.3, -0.25) is 9.74 Å². The van der Waals surface area contributed by atoms with E-state index in [1.54, 1.807) is 13.8 Å². The lowest BCUT2D eigenvalue weighted by Gasteiger charge is -2.25. The van der Waals surface area contributed by atoms with Crippen LogP contribution in [0, 0.1) is 54.3 Å². The molecule has 0 aromatic heterocycles. The molecule has 0 amide bonds. The quantitative estimate of drug-likeness (QED) is 0.445. The van der Waals surface area contributed by atoms with E-state index >= 15 is 0 Å². The second-order valence-corrected chi connectivity index (χ2v) is 8.86. The van der Waals surface area contributed by atoms with Crippen LogP contribution in [0.15, 0.2) is 6.58 Å². The summed E-state index contributed by atoms with van der Waals surface area (Å²) >= 11 is 0. The zero-order chi connectivity index (χ0) is 24.5. The topological polar surface area (TPSA) is 46.5 Å². The van der Waals surface area contributed by atoms with Crippen LogP contribution in [0.4, 0.5) is 8.92 Å². The first-order valence-corrected chi connectivity index (χ1v) is 10.9. The number of aliphatic hydroxyl groups is 1. The van der Waals surface area contributed by atoms with Gasteiger partial charge in [-0.05, 0) is 111 Å². The van der Waals surface area contributed by atoms with Gasteiger partial charge in [-0.15, -0.1) is 0 Å². The molecule has 0 spiro atoms. The molecular weight excluding hydrogens is 410 g/mol. The van der Waals surface area contributed by atoms with Crippen molar-refractivity contribution in [3.63, 3.8) is 0 Å². The number of carbonyl (C=O) groups excluding carboxylic acids is 1. The summed E-state index contributed by atoms with van der Waals surface area (Å²) in [7, 11) is 0. The van der Waals surface area contributed by atoms with Crippen molar-refractivity contribution in [1.82, 2.24) is 0 Å². The fourth-order valence-corrected chi connectivity index (χ4v) is 4.95. The highest BCUT2D eigenvalue weighted by molar-refractivity contribution is 6.00. The van der Waals surface area contributed by atoms with Crippen LogP contribution in [0.3, 0.4) is 0 Å². The van der Waals surface area contributed by atoms with Crippen LogP contribution in [0.5, 0.6) is 5.75 Å². The lowest BCUT2D eigenvalue weighted by atomic mass is 9.79. The lowest BCUT2D eigenvalue weighted by molar-refractivity contribution is -0.0117. The first-order chi connectivity index (χ1) is 14.9. The number of hydrogen-bond acceptors (Lipinski definition) is 3. The van der Waals surface area contributed by atoms with Crippen LogP contribution in [0.1, 0.15) is 86.1 Å². The Morgan fingerprint density at radius 1 is 0.906 bits per heavy atom. The highest BCUT2D eigenvalue weighted by Gasteiger charge is 2.27. The molecule has 174 valence electrons. The van der Waals surface area contributed by atoms with E-state index < -0.39 is 11.6 Å². The number of carbonyl (C=O) groups is 1. The number of hydrogen-bond donors (Lipinski definition) is 1. The third-order valence-electron chi connectivity index (χ3n) is 6.97. The van der Waals surface area contributed by atoms with E-state index in [9.17, 15) is 18.8 Å². The van der Waals surface area contributed by atoms with Crippen molar-refractivity contribution in [2.75, 3.05) is 6.61 Å². The summed E-state index contributed by atoms with van der Waals surface area (Å²) in [6.07, 6.45) is 0.712. The van der Waals surface area contributed by atoms with E-state index in [-0.39, 0.29) is 35.9 Å². The normalized spacial score (nSPS) is 12.1. The largest absolute Gasteiger partial charge is 0.396 e. The second kappa shape index (κ2) is 9.95. The van der Waals surface area contributed by atoms with Crippen molar-refractivity contribution in [3.8, 4) is 5.75 Å². The Bertz CT molecular complexity index is 1030. The van der Waals surface area contributed by atoms with Gasteiger partial charge in [0.05, 0.1) is 0 Å². The molecule has 2 aromatic carbocycles. The summed E-state index contributed by atoms with van der Waals surface area (Å²) in [4.78, 5) is 17.0. The van der Waals surface area contributed by atoms with Crippen LogP contribution in [0.25, 0.3) is 5.57 Å². The van der Waals surface area contributed by atoms with Gasteiger partial charge >= 0.3 is 0 Å². The fraction of sp³-hybridized carbons (Fsp3) is 0.444. The maximum Gasteiger partial charge on any atom is 0.210 e. The summed E-state index contributed by atoms with van der Waals surface area (Å²) in [5.74, 6) is -1.57. The third kappa shape index (κ3) is 4.36. The van der Waals surface area contributed by atoms with Crippen molar-refractivity contribution in [2.24, 2.45) is 0 Å². The number of aliphatic hydroxyl groups excluding tert-OH is 1. The number of benzene rings is 2. The molecule has 0 aliphatic rings. The number of Topliss-reactive ketones (excluding diaryl/α,β-unsaturated/α-hetero) is 1. The molecule has 0 saturated heterocycles. The molecule has 32 heavy (non-hydrogen) atoms. The highest BCUT2D eigenvalue weighted by atomic mass is 19.3. The van der Waals surface area contributed by atoms with Crippen molar-refractivity contribution in [3.05, 3.63) is 68.0 Å². The zero-order valence-corrected chi connectivity index (χ0v) is 20.4. The summed E-state index contributed by atoms with van der Waals surface area (Å²) in [6.45, 7) is 19.1. The molecular formula is C27H34F2O3. The predicted molar refractivity (Wildman–Crippen MR) is 126 cm³/mol. The third-order valence-corrected chi connectivity index (χ3v) is 6.97. The van der Waals surface area contributed by atoms with Crippen molar-refractivity contribution >= 4 is 11.4 Å². The van der Waals surface area contributed by atoms with Gasteiger partial charge in [-0.1, -0.05) is 13.5 Å². The van der Waals surface area contributed by atoms with Gasteiger partial charge in [0, 0.05) is 28.7 Å². The number of rotatable bonds is 8. The monoisotopic (exact) mass is 444 g/mol. The van der Waals surface area contributed by atoms with Gasteiger partial charge in [0.2, 0.25) is 5.75 Å². The highest BCUT2D eigenvalue weighted by Crippen LogP contribution is 2.38. The van der Waals surface area contributed by atoms with Crippen LogP contribution in [0.2, 0.25) is 0 Å². The SMILES string of the molecule is C=C(CCO)c1c(C)c(C)c(C(C)CC(=O)c2c(C)c(C)c(OF)c(F)c2C)c(C)c1C. The van der Waals surface area contributed by atoms with E-state index in [1.807, 2.05) is 34.6 Å². The van der Waals surface area contributed by atoms with Gasteiger partial charge in [-0.25, -0.2) is 4.39 Å². The van der Waals surface area contributed by atoms with Crippen LogP contribution in [-0.2, 0) is 0 Å². The van der Waals surface area contributed by atoms with E-state index in [0.717, 1.165) is 39.0 Å². The first-order valence-electron chi connectivity index (χ1n) is 10.9. The van der Waals surface area contributed by atoms with Gasteiger partial charge in [0.15, 0.2) is 11.6 Å². The molecule has 1 atom stereocenters. The van der Waals surface area contributed by atoms with E-state index in [1.165, 1.54) is 6.92 Å². The first kappa shape index (κ1) is 25.7. The maximum absolute atomic E-state index is 14.6. The summed E-state index contributed by atoms with van der Waals surface area (Å²) in [5, 5.41) is 9.33. The molecule has 0 aliphatic carbocycles. The molecule has 3 nitrogen and oxygen atoms in total. The standard InChI is InChI=1S/C27H34F2O3/c1-13(10-11-30)23-15(3)17(5)24(18(6)16(23)4)14(2)12-22(31)25-19(7)20(8)27(32-29)26(28)21(25)9/h14,30H,1,10-12H2,2-9H3. The smallest absolute Gasteiger partial charge is 0.210 e. The summed E-state index contributed by atoms with van der Waals surface area (Å²) in [5.41, 5.74) is 8.68. The van der Waals surface area contributed by atoms with Gasteiger partial charge < -0.3 is 5.11 Å². The molecule has 0 fully saturated rings. The Kier molecular flexibility index (Phi) is 8.00. The van der Waals surface area contributed by atoms with Gasteiger partial charge in [0.25, 0.3) is 0 Å². The number of halogens is 2. The predicted octanol–water partition coefficient (Wildman–Crippen LogP) is 7.02. The van der Waals surface area contributed by atoms with Crippen LogP contribution >= 0.6 is 0 Å². The Morgan fingerprint density at radius 2 is 1.41 bits per heavy atom. The van der Waals surface area contributed by atoms with Crippen molar-refractivity contribution in [2.45, 2.75) is 74.1 Å². The average Bonchev–Trinajstić information content (AvgIpc) is 2.72. The summed E-state index contributed by atoms with van der Waals surface area (Å²) < 4.78 is 27.4. The minimum Gasteiger partial charge on any atom is -0.396 e. The van der Waals surface area contributed by atoms with Crippen molar-refractivity contribution in [1.29, 1.82) is 0 Å². The molecule has 2 aromatic rings. The average molecular weight is 445 g/mol. The molecule has 0 bridgehead atoms. The fourth-order valence-electron chi connectivity index (χ4n) is 4.95. The zero-order valence-electron chi connectivity index (χ0n) is 20.4.